The first-order valence-electron chi connectivity index (χ1n) is 37.5. The van der Waals surface area contributed by atoms with Gasteiger partial charge in [-0.15, -0.1) is 11.6 Å². The molecule has 0 radical (unpaired) electrons. The molecular formula is C72H79ClF6N12O10. The minimum atomic E-state index is -4.48. The molecule has 1 unspecified atom stereocenters. The average Bonchev–Trinajstić information content (AvgIpc) is 1.61. The third-order valence-corrected chi connectivity index (χ3v) is 13.6. The van der Waals surface area contributed by atoms with Crippen LogP contribution in [0.5, 0.6) is 0 Å². The predicted molar refractivity (Wildman–Crippen MR) is 370 cm³/mol. The molecule has 9 heterocycles. The Kier molecular flexibility index (Phi) is 21.8. The van der Waals surface area contributed by atoms with E-state index in [4.69, 9.17) is 58.2 Å². The highest BCUT2D eigenvalue weighted by molar-refractivity contribution is 6.40. The molecule has 0 aliphatic carbocycles. The lowest BCUT2D eigenvalue weighted by molar-refractivity contribution is -0.145. The third-order valence-electron chi connectivity index (χ3n) is 13.1. The highest BCUT2D eigenvalue weighted by Gasteiger charge is 2.31. The minimum absolute atomic E-state index is 0.0419. The number of esters is 3. The van der Waals surface area contributed by atoms with Gasteiger partial charge in [0, 0.05) is 56.4 Å². The summed E-state index contributed by atoms with van der Waals surface area (Å²) >= 11 is 5.32. The predicted octanol–water partition coefficient (Wildman–Crippen LogP) is 13.7. The lowest BCUT2D eigenvalue weighted by Gasteiger charge is -2.09. The van der Waals surface area contributed by atoms with E-state index in [0.29, 0.717) is 51.6 Å². The smallest absolute Gasteiger partial charge is 0.416 e. The van der Waals surface area contributed by atoms with Crippen molar-refractivity contribution in [2.75, 3.05) is 25.6 Å². The van der Waals surface area contributed by atoms with Crippen molar-refractivity contribution in [1.29, 1.82) is 0 Å². The number of carbonyl (C=O) groups is 6. The minimum Gasteiger partial charge on any atom is -0.477 e. The van der Waals surface area contributed by atoms with E-state index in [-0.39, 0.29) is 103 Å². The van der Waals surface area contributed by atoms with Crippen LogP contribution in [0, 0.1) is 62.1 Å². The molecule has 1 amide bonds. The lowest BCUT2D eigenvalue weighted by atomic mass is 10.1. The zero-order chi connectivity index (χ0) is 87.9. The monoisotopic (exact) mass is 1440 g/mol. The largest absolute Gasteiger partial charge is 0.477 e. The number of carboxylic acids is 1. The summed E-state index contributed by atoms with van der Waals surface area (Å²) in [7, 11) is 0. The maximum atomic E-state index is 12.8. The summed E-state index contributed by atoms with van der Waals surface area (Å²) in [5, 5.41) is 10.5. The number of halogens is 7. The first kappa shape index (κ1) is 60.0. The molecular weight excluding hydrogens is 1340 g/mol. The molecule has 0 spiro atoms. The van der Waals surface area contributed by atoms with Gasteiger partial charge in [-0.1, -0.05) is 54.5 Å². The zero-order valence-electron chi connectivity index (χ0n) is 70.9. The molecule has 0 saturated heterocycles. The topological polar surface area (TPSA) is 296 Å². The van der Waals surface area contributed by atoms with E-state index in [2.05, 4.69) is 35.0 Å². The van der Waals surface area contributed by atoms with Crippen LogP contribution in [0.1, 0.15) is 163 Å². The van der Waals surface area contributed by atoms with E-state index >= 15 is 0 Å². The number of hydrogen-bond acceptors (Lipinski definition) is 16. The average molecular weight is 1440 g/mol. The van der Waals surface area contributed by atoms with Gasteiger partial charge in [0.1, 0.15) is 34.1 Å². The normalized spacial score (nSPS) is 13.6. The summed E-state index contributed by atoms with van der Waals surface area (Å²) in [6, 6.07) is 15.4. The second-order valence-corrected chi connectivity index (χ2v) is 21.6. The van der Waals surface area contributed by atoms with Gasteiger partial charge in [-0.3, -0.25) is 27.2 Å². The first-order chi connectivity index (χ1) is 53.7. The highest BCUT2D eigenvalue weighted by Crippen LogP contribution is 2.30. The molecule has 2 aromatic carbocycles. The number of nitrogens with zero attached hydrogens (tertiary/aromatic N) is 9. The van der Waals surface area contributed by atoms with Crippen LogP contribution in [-0.4, -0.2) is 108 Å². The number of anilines is 1. The van der Waals surface area contributed by atoms with Crippen molar-refractivity contribution < 1.29 is 95.0 Å². The van der Waals surface area contributed by atoms with E-state index < -0.39 is 96.0 Å². The molecule has 6 N–H and O–H groups in total. The number of fused-ring (bicyclic) bond motifs is 4. The second-order valence-electron chi connectivity index (χ2n) is 21.2. The molecule has 0 aliphatic rings. The Hall–Kier alpha value is -11.0. The fourth-order valence-electron chi connectivity index (χ4n) is 8.38. The van der Waals surface area contributed by atoms with Gasteiger partial charge in [0.05, 0.1) is 61.9 Å². The number of aromatic carboxylic acids is 1. The summed E-state index contributed by atoms with van der Waals surface area (Å²) in [5.74, 6) is -3.86. The highest BCUT2D eigenvalue weighted by atomic mass is 35.5. The number of pyridine rings is 5. The first-order valence-corrected chi connectivity index (χ1v) is 30.4. The standard InChI is InChI=1S/C18H16F3N3O.2C12H14N2O2.C10H10N2O2.C8H8F3N.C6H9ClO3.C6H8N2/c1-11-3-8-15-23-12(2)16(24(15)10-11)17(25)22-9-13-4-6-14(7-5-13)18(19,20)21;2*1-4-16-12(15)11-9(3)13-10-6-5-8(2)7-14(10)11;1-6-3-4-8-11-7(2)9(10(13)14)12(8)5-6;9-8(10,11)7-3-1-6(5-12)2-4-7;1-3-10-6(9)5(7)4(2)8;1-5-2-3-6(7)8-4-5/h3-8,10H,9H2,1-2H3,(H,22,25);2*5-7H,4H2,1-3H3;3-5H,1-2H3,(H,13,14);1-4H,5,12H2;5H,3H2,1-2H3;2-4H,1H3,(H2,7,8)/i2D3,3D,8D;3D3,5D,6D;;2D3,3D,4D;;;. The Morgan fingerprint density at radius 3 is 1.35 bits per heavy atom. The molecule has 11 rings (SSSR count). The number of hydrogen-bond donors (Lipinski definition) is 4. The number of alkyl halides is 7. The van der Waals surface area contributed by atoms with Crippen molar-refractivity contribution in [3.05, 3.63) is 236 Å². The SMILES string of the molecule is CCOC(=O)C(Cl)C(C)=O.CCOC(=O)c1c(C)nc2ccc(C)cn12.Cc1ccc(N)nc1.NCc1ccc(C(F)(F)F)cc1.[2H]c1c(C)cn2c(C(=O)NCc3ccc(C(F)(F)F)cc3)c(C([2H])([2H])[2H])nc2c1[2H].[2H]c1c(C)cn2c(C(=O)O)c(C([2H])([2H])[2H])nc2c1[2H].[2H]c1c(C)cn2c(C(=O)OCC)c(C([2H])([2H])[2H])nc2c1[2H]. The van der Waals surface area contributed by atoms with Crippen LogP contribution in [-0.2, 0) is 49.2 Å². The zero-order valence-corrected chi connectivity index (χ0v) is 56.6. The van der Waals surface area contributed by atoms with E-state index in [1.54, 1.807) is 58.2 Å². The number of Topliss-reactive ketones (excluding diaryl/α,β-unsaturated/α-hetero) is 1. The number of amides is 1. The number of nitrogens with one attached hydrogen (secondary N) is 1. The quantitative estimate of drug-likeness (QED) is 0.0290. The van der Waals surface area contributed by atoms with E-state index in [9.17, 15) is 55.1 Å². The lowest BCUT2D eigenvalue weighted by Crippen LogP contribution is -2.25. The van der Waals surface area contributed by atoms with Crippen LogP contribution in [0.3, 0.4) is 0 Å². The molecule has 1 atom stereocenters. The van der Waals surface area contributed by atoms with Gasteiger partial charge in [-0.25, -0.2) is 44.1 Å². The molecule has 9 aromatic heterocycles. The number of carbonyl (C=O) groups excluding carboxylic acids is 5. The Labute approximate surface area is 604 Å². The van der Waals surface area contributed by atoms with Gasteiger partial charge in [-0.2, -0.15) is 26.3 Å². The van der Waals surface area contributed by atoms with Crippen LogP contribution >= 0.6 is 11.6 Å². The summed E-state index contributed by atoms with van der Waals surface area (Å²) < 4.78 is 208. The Morgan fingerprint density at radius 2 is 0.941 bits per heavy atom. The van der Waals surface area contributed by atoms with Crippen molar-refractivity contribution in [3.8, 4) is 0 Å². The Balaban J connectivity index is 0.000000251. The maximum absolute atomic E-state index is 12.8. The van der Waals surface area contributed by atoms with Gasteiger partial charge >= 0.3 is 36.2 Å². The van der Waals surface area contributed by atoms with Crippen LogP contribution < -0.4 is 16.8 Å². The molecule has 0 saturated carbocycles. The molecule has 0 aliphatic heterocycles. The number of benzene rings is 2. The number of rotatable bonds is 12. The van der Waals surface area contributed by atoms with Gasteiger partial charge in [0.2, 0.25) is 0 Å². The van der Waals surface area contributed by atoms with Crippen LogP contribution in [0.2, 0.25) is 0 Å². The Morgan fingerprint density at radius 1 is 0.545 bits per heavy atom. The van der Waals surface area contributed by atoms with E-state index in [0.717, 1.165) is 49.8 Å². The van der Waals surface area contributed by atoms with E-state index in [1.165, 1.54) is 54.2 Å². The second kappa shape index (κ2) is 36.7. The van der Waals surface area contributed by atoms with Crippen molar-refractivity contribution in [2.24, 2.45) is 5.73 Å². The molecule has 22 nitrogen and oxygen atoms in total. The number of ketones is 1. The summed E-state index contributed by atoms with van der Waals surface area (Å²) in [5.41, 5.74) is 12.7. The van der Waals surface area contributed by atoms with Crippen LogP contribution in [0.15, 0.2) is 140 Å². The Bertz CT molecular complexity index is 5370. The van der Waals surface area contributed by atoms with Gasteiger partial charge in [-0.05, 0) is 183 Å². The molecule has 536 valence electrons. The van der Waals surface area contributed by atoms with Crippen molar-refractivity contribution in [3.63, 3.8) is 0 Å². The van der Waals surface area contributed by atoms with Crippen LogP contribution in [0.4, 0.5) is 32.2 Å². The van der Waals surface area contributed by atoms with Crippen molar-refractivity contribution in [2.45, 2.75) is 121 Å². The number of aromatic nitrogens is 9. The summed E-state index contributed by atoms with van der Waals surface area (Å²) in [6.45, 7) is 9.52. The molecule has 101 heavy (non-hydrogen) atoms. The number of nitrogens with two attached hydrogens (primary N) is 2. The van der Waals surface area contributed by atoms with Gasteiger partial charge in [0.25, 0.3) is 5.91 Å². The number of nitrogen functional groups attached to an aromatic ring is 1. The third kappa shape index (κ3) is 23.0. The van der Waals surface area contributed by atoms with E-state index in [1.807, 2.05) is 45.2 Å². The molecule has 11 aromatic rings. The maximum Gasteiger partial charge on any atom is 0.416 e. The number of aryl methyl sites for hydroxylation is 9. The fraction of sp³-hybridized carbons (Fsp3) is 0.292. The van der Waals surface area contributed by atoms with Gasteiger partial charge in [0.15, 0.2) is 28.2 Å². The molecule has 0 bridgehead atoms. The summed E-state index contributed by atoms with van der Waals surface area (Å²) in [4.78, 5) is 88.6. The number of ether oxygens (including phenoxy) is 3. The number of carboxylic acid groups (broad SMARTS) is 1. The number of imidazole rings is 4. The summed E-state index contributed by atoms with van der Waals surface area (Å²) in [6.07, 6.45) is -1.02. The van der Waals surface area contributed by atoms with Crippen molar-refractivity contribution in [1.82, 2.24) is 47.8 Å². The molecule has 0 fully saturated rings. The molecule has 29 heteroatoms. The van der Waals surface area contributed by atoms with Crippen molar-refractivity contribution >= 4 is 75.6 Å². The van der Waals surface area contributed by atoms with Gasteiger partial charge < -0.3 is 36.1 Å². The van der Waals surface area contributed by atoms with Crippen LogP contribution in [0.25, 0.3) is 22.6 Å². The fourth-order valence-corrected chi connectivity index (χ4v) is 8.44.